The minimum absolute atomic E-state index is 0.0100. The van der Waals surface area contributed by atoms with Gasteiger partial charge in [0.1, 0.15) is 0 Å². The Morgan fingerprint density at radius 3 is 1.27 bits per heavy atom. The number of hydrogen-bond donors (Lipinski definition) is 1. The third-order valence-electron chi connectivity index (χ3n) is 5.85. The van der Waals surface area contributed by atoms with Gasteiger partial charge in [-0.1, -0.05) is 90.4 Å². The molecule has 0 rings (SSSR count). The van der Waals surface area contributed by atoms with E-state index in [-0.39, 0.29) is 18.3 Å². The Kier molecular flexibility index (Phi) is 24.8. The minimum Gasteiger partial charge on any atom is -0.391 e. The summed E-state index contributed by atoms with van der Waals surface area (Å²) in [5, 5.41) is 9.24. The van der Waals surface area contributed by atoms with Crippen molar-refractivity contribution in [3.05, 3.63) is 0 Å². The number of ether oxygens (including phenoxy) is 4. The first kappa shape index (κ1) is 32.8. The smallest absolute Gasteiger partial charge is 0.0781 e. The van der Waals surface area contributed by atoms with Gasteiger partial charge in [-0.2, -0.15) is 0 Å². The molecule has 4 atom stereocenters. The monoisotopic (exact) mass is 474 g/mol. The molecule has 0 fully saturated rings. The van der Waals surface area contributed by atoms with Crippen LogP contribution in [0, 0.1) is 0 Å². The third kappa shape index (κ3) is 26.2. The normalized spacial score (nSPS) is 15.5. The molecular formula is C28H58O5. The van der Waals surface area contributed by atoms with Gasteiger partial charge in [0.25, 0.3) is 0 Å². The average Bonchev–Trinajstić information content (AvgIpc) is 2.79. The summed E-state index contributed by atoms with van der Waals surface area (Å²) >= 11 is 0. The lowest BCUT2D eigenvalue weighted by Crippen LogP contribution is -2.27. The van der Waals surface area contributed by atoms with Gasteiger partial charge in [-0.05, 0) is 34.1 Å². The summed E-state index contributed by atoms with van der Waals surface area (Å²) in [7, 11) is 0. The molecule has 0 heterocycles. The van der Waals surface area contributed by atoms with Crippen LogP contribution >= 0.6 is 0 Å². The summed E-state index contributed by atoms with van der Waals surface area (Å²) in [4.78, 5) is 0. The molecule has 5 nitrogen and oxygen atoms in total. The standard InChI is InChI=1S/C28H58O5/c1-6-7-8-9-10-11-12-13-14-15-16-17-18-19-20-30-22-26(3)32-24-28(5)33-23-27(4)31-21-25(2)29/h25-29H,6-24H2,1-5H3. The van der Waals surface area contributed by atoms with Gasteiger partial charge in [0.05, 0.1) is 50.8 Å². The van der Waals surface area contributed by atoms with Gasteiger partial charge in [0.15, 0.2) is 0 Å². The predicted octanol–water partition coefficient (Wildman–Crippen LogP) is 7.08. The minimum atomic E-state index is -0.446. The van der Waals surface area contributed by atoms with Crippen LogP contribution < -0.4 is 0 Å². The molecule has 1 N–H and O–H groups in total. The highest BCUT2D eigenvalue weighted by atomic mass is 16.6. The van der Waals surface area contributed by atoms with Crippen molar-refractivity contribution in [3.63, 3.8) is 0 Å². The molecule has 0 aliphatic rings. The SMILES string of the molecule is CCCCCCCCCCCCCCCCOCC(C)OCC(C)OCC(C)OCC(C)O. The summed E-state index contributed by atoms with van der Waals surface area (Å²) in [5.74, 6) is 0. The van der Waals surface area contributed by atoms with Crippen molar-refractivity contribution in [1.29, 1.82) is 0 Å². The van der Waals surface area contributed by atoms with Gasteiger partial charge >= 0.3 is 0 Å². The molecule has 0 aromatic heterocycles. The molecule has 0 bridgehead atoms. The van der Waals surface area contributed by atoms with Crippen molar-refractivity contribution < 1.29 is 24.1 Å². The zero-order valence-corrected chi connectivity index (χ0v) is 22.8. The van der Waals surface area contributed by atoms with E-state index in [0.29, 0.717) is 26.4 Å². The first-order valence-corrected chi connectivity index (χ1v) is 14.1. The number of unbranched alkanes of at least 4 members (excludes halogenated alkanes) is 13. The molecular weight excluding hydrogens is 416 g/mol. The van der Waals surface area contributed by atoms with Gasteiger partial charge in [0, 0.05) is 6.61 Å². The molecule has 0 aliphatic carbocycles. The fourth-order valence-electron chi connectivity index (χ4n) is 3.70. The van der Waals surface area contributed by atoms with E-state index in [4.69, 9.17) is 18.9 Å². The first-order chi connectivity index (χ1) is 16.0. The quantitative estimate of drug-likeness (QED) is 0.136. The molecule has 0 aromatic carbocycles. The second kappa shape index (κ2) is 24.9. The molecule has 0 spiro atoms. The lowest BCUT2D eigenvalue weighted by atomic mass is 10.0. The number of hydrogen-bond acceptors (Lipinski definition) is 5. The highest BCUT2D eigenvalue weighted by Crippen LogP contribution is 2.13. The van der Waals surface area contributed by atoms with E-state index < -0.39 is 6.10 Å². The van der Waals surface area contributed by atoms with E-state index in [0.717, 1.165) is 13.0 Å². The van der Waals surface area contributed by atoms with Gasteiger partial charge in [-0.3, -0.25) is 0 Å². The molecule has 5 heteroatoms. The third-order valence-corrected chi connectivity index (χ3v) is 5.85. The van der Waals surface area contributed by atoms with E-state index >= 15 is 0 Å². The van der Waals surface area contributed by atoms with Crippen molar-refractivity contribution >= 4 is 0 Å². The Morgan fingerprint density at radius 1 is 0.485 bits per heavy atom. The van der Waals surface area contributed by atoms with Crippen LogP contribution in [0.3, 0.4) is 0 Å². The Hall–Kier alpha value is -0.200. The zero-order chi connectivity index (χ0) is 24.6. The van der Waals surface area contributed by atoms with Crippen molar-refractivity contribution in [3.8, 4) is 0 Å². The molecule has 0 saturated heterocycles. The highest BCUT2D eigenvalue weighted by molar-refractivity contribution is 4.56. The lowest BCUT2D eigenvalue weighted by molar-refractivity contribution is -0.0867. The number of aliphatic hydroxyl groups excluding tert-OH is 1. The van der Waals surface area contributed by atoms with Gasteiger partial charge < -0.3 is 24.1 Å². The molecule has 0 aromatic rings. The van der Waals surface area contributed by atoms with E-state index in [1.165, 1.54) is 83.5 Å². The van der Waals surface area contributed by atoms with Crippen LogP contribution in [0.15, 0.2) is 0 Å². The van der Waals surface area contributed by atoms with Crippen molar-refractivity contribution in [1.82, 2.24) is 0 Å². The molecule has 200 valence electrons. The zero-order valence-electron chi connectivity index (χ0n) is 22.8. The molecule has 0 aliphatic heterocycles. The number of rotatable bonds is 26. The van der Waals surface area contributed by atoms with Crippen LogP contribution in [0.2, 0.25) is 0 Å². The summed E-state index contributed by atoms with van der Waals surface area (Å²) in [6.07, 6.45) is 18.9. The summed E-state index contributed by atoms with van der Waals surface area (Å²) in [6, 6.07) is 0. The highest BCUT2D eigenvalue weighted by Gasteiger charge is 2.10. The maximum absolute atomic E-state index is 9.24. The molecule has 0 radical (unpaired) electrons. The Morgan fingerprint density at radius 2 is 0.848 bits per heavy atom. The topological polar surface area (TPSA) is 57.2 Å². The van der Waals surface area contributed by atoms with E-state index in [1.807, 2.05) is 20.8 Å². The van der Waals surface area contributed by atoms with Crippen LogP contribution in [0.4, 0.5) is 0 Å². The fraction of sp³-hybridized carbons (Fsp3) is 1.00. The Bertz CT molecular complexity index is 377. The average molecular weight is 475 g/mol. The molecule has 0 saturated carbocycles. The predicted molar refractivity (Wildman–Crippen MR) is 139 cm³/mol. The summed E-state index contributed by atoms with van der Waals surface area (Å²) in [6.45, 7) is 12.9. The first-order valence-electron chi connectivity index (χ1n) is 14.1. The molecule has 33 heavy (non-hydrogen) atoms. The van der Waals surface area contributed by atoms with Crippen molar-refractivity contribution in [2.24, 2.45) is 0 Å². The Balaban J connectivity index is 3.33. The second-order valence-electron chi connectivity index (χ2n) is 9.95. The van der Waals surface area contributed by atoms with Gasteiger partial charge in [-0.15, -0.1) is 0 Å². The van der Waals surface area contributed by atoms with Crippen molar-refractivity contribution in [2.75, 3.05) is 33.0 Å². The van der Waals surface area contributed by atoms with Crippen LogP contribution in [-0.4, -0.2) is 62.6 Å². The molecule has 0 amide bonds. The lowest BCUT2D eigenvalue weighted by Gasteiger charge is -2.20. The Labute approximate surface area is 206 Å². The maximum atomic E-state index is 9.24. The number of aliphatic hydroxyl groups is 1. The van der Waals surface area contributed by atoms with Gasteiger partial charge in [-0.25, -0.2) is 0 Å². The van der Waals surface area contributed by atoms with E-state index in [2.05, 4.69) is 6.92 Å². The summed E-state index contributed by atoms with van der Waals surface area (Å²) < 4.78 is 22.8. The van der Waals surface area contributed by atoms with E-state index in [9.17, 15) is 5.11 Å². The summed E-state index contributed by atoms with van der Waals surface area (Å²) in [5.41, 5.74) is 0. The fourth-order valence-corrected chi connectivity index (χ4v) is 3.70. The van der Waals surface area contributed by atoms with E-state index in [1.54, 1.807) is 6.92 Å². The maximum Gasteiger partial charge on any atom is 0.0781 e. The van der Waals surface area contributed by atoms with Crippen LogP contribution in [-0.2, 0) is 18.9 Å². The van der Waals surface area contributed by atoms with Crippen LogP contribution in [0.25, 0.3) is 0 Å². The van der Waals surface area contributed by atoms with Gasteiger partial charge in [0.2, 0.25) is 0 Å². The second-order valence-corrected chi connectivity index (χ2v) is 9.95. The van der Waals surface area contributed by atoms with Crippen molar-refractivity contribution in [2.45, 2.75) is 149 Å². The molecule has 4 unspecified atom stereocenters. The van der Waals surface area contributed by atoms with Crippen LogP contribution in [0.5, 0.6) is 0 Å². The van der Waals surface area contributed by atoms with Crippen LogP contribution in [0.1, 0.15) is 125 Å². The largest absolute Gasteiger partial charge is 0.391 e.